The van der Waals surface area contributed by atoms with Crippen LogP contribution in [0.5, 0.6) is 11.5 Å². The number of benzene rings is 1. The van der Waals surface area contributed by atoms with Crippen molar-refractivity contribution in [1.29, 1.82) is 0 Å². The first-order valence-corrected chi connectivity index (χ1v) is 8.96. The van der Waals surface area contributed by atoms with Gasteiger partial charge >= 0.3 is 5.97 Å². The number of methoxy groups -OCH3 is 1. The molecule has 27 heavy (non-hydrogen) atoms. The van der Waals surface area contributed by atoms with Gasteiger partial charge < -0.3 is 15.6 Å². The summed E-state index contributed by atoms with van der Waals surface area (Å²) in [5.74, 6) is 0.0615. The highest BCUT2D eigenvalue weighted by Gasteiger charge is 2.10. The van der Waals surface area contributed by atoms with E-state index in [1.165, 1.54) is 12.8 Å². The number of aliphatic hydroxyl groups is 1. The van der Waals surface area contributed by atoms with Crippen molar-refractivity contribution in [3.8, 4) is 11.5 Å². The van der Waals surface area contributed by atoms with E-state index < -0.39 is 12.6 Å². The Balaban J connectivity index is 2.73. The van der Waals surface area contributed by atoms with Crippen molar-refractivity contribution in [3.63, 3.8) is 0 Å². The number of nitrogens with two attached hydrogens (primary N) is 1. The summed E-state index contributed by atoms with van der Waals surface area (Å²) in [6.07, 6.45) is 10.7. The Morgan fingerprint density at radius 3 is 2.63 bits per heavy atom. The van der Waals surface area contributed by atoms with Crippen molar-refractivity contribution in [3.05, 3.63) is 59.8 Å². The van der Waals surface area contributed by atoms with Gasteiger partial charge in [-0.15, -0.1) is 0 Å². The molecular formula is C21H29NO5. The Kier molecular flexibility index (Phi) is 10.4. The largest absolute Gasteiger partial charge is 0.497 e. The molecule has 0 aliphatic rings. The standard InChI is InChI=1S/C21H29NO5/c1-4-5-6-8-17(14-22)9-7-10-18-11-19(25-3)13-20(12-18)26-27-21(24)16(2)15-23/h7,9,11-14,23H,2,4-6,8,10,15,22H2,1,3H3/b9-7-,17-14-. The van der Waals surface area contributed by atoms with Gasteiger partial charge in [-0.2, -0.15) is 0 Å². The lowest BCUT2D eigenvalue weighted by molar-refractivity contribution is -0.209. The van der Waals surface area contributed by atoms with Crippen LogP contribution in [-0.4, -0.2) is 24.8 Å². The predicted molar refractivity (Wildman–Crippen MR) is 105 cm³/mol. The second-order valence-corrected chi connectivity index (χ2v) is 6.04. The molecule has 0 saturated heterocycles. The molecule has 0 amide bonds. The molecule has 0 saturated carbocycles. The third-order valence-corrected chi connectivity index (χ3v) is 3.84. The molecule has 0 aliphatic heterocycles. The highest BCUT2D eigenvalue weighted by Crippen LogP contribution is 2.24. The lowest BCUT2D eigenvalue weighted by atomic mass is 10.1. The van der Waals surface area contributed by atoms with Crippen LogP contribution in [0.3, 0.4) is 0 Å². The van der Waals surface area contributed by atoms with Crippen LogP contribution >= 0.6 is 0 Å². The minimum Gasteiger partial charge on any atom is -0.497 e. The van der Waals surface area contributed by atoms with Crippen molar-refractivity contribution in [2.75, 3.05) is 13.7 Å². The van der Waals surface area contributed by atoms with Crippen LogP contribution in [0.2, 0.25) is 0 Å². The number of allylic oxidation sites excluding steroid dienone is 3. The molecule has 0 aliphatic carbocycles. The van der Waals surface area contributed by atoms with Gasteiger partial charge in [0, 0.05) is 6.07 Å². The van der Waals surface area contributed by atoms with Gasteiger partial charge in [-0.25, -0.2) is 9.68 Å². The minimum absolute atomic E-state index is 0.0924. The van der Waals surface area contributed by atoms with Crippen LogP contribution in [0.15, 0.2) is 54.3 Å². The number of carbonyl (C=O) groups is 1. The molecule has 1 aromatic carbocycles. The van der Waals surface area contributed by atoms with E-state index in [1.54, 1.807) is 25.4 Å². The maximum absolute atomic E-state index is 11.5. The van der Waals surface area contributed by atoms with E-state index in [0.717, 1.165) is 24.0 Å². The summed E-state index contributed by atoms with van der Waals surface area (Å²) in [6.45, 7) is 5.05. The topological polar surface area (TPSA) is 91.0 Å². The predicted octanol–water partition coefficient (Wildman–Crippen LogP) is 3.60. The number of carbonyl (C=O) groups excluding carboxylic acids is 1. The molecule has 6 nitrogen and oxygen atoms in total. The molecule has 0 heterocycles. The maximum atomic E-state index is 11.5. The average Bonchev–Trinajstić information content (AvgIpc) is 2.70. The summed E-state index contributed by atoms with van der Waals surface area (Å²) in [6, 6.07) is 5.21. The maximum Gasteiger partial charge on any atom is 0.383 e. The highest BCUT2D eigenvalue weighted by atomic mass is 17.2. The fourth-order valence-electron chi connectivity index (χ4n) is 2.27. The zero-order chi connectivity index (χ0) is 20.1. The van der Waals surface area contributed by atoms with Gasteiger partial charge in [0.25, 0.3) is 0 Å². The zero-order valence-electron chi connectivity index (χ0n) is 16.1. The van der Waals surface area contributed by atoms with E-state index in [1.807, 2.05) is 18.2 Å². The third-order valence-electron chi connectivity index (χ3n) is 3.84. The van der Waals surface area contributed by atoms with Gasteiger partial charge in [-0.05, 0) is 48.7 Å². The van der Waals surface area contributed by atoms with E-state index in [2.05, 4.69) is 18.4 Å². The minimum atomic E-state index is -0.827. The molecule has 1 rings (SSSR count). The number of aliphatic hydroxyl groups excluding tert-OH is 1. The molecule has 0 unspecified atom stereocenters. The highest BCUT2D eigenvalue weighted by molar-refractivity contribution is 5.87. The Morgan fingerprint density at radius 1 is 1.26 bits per heavy atom. The summed E-state index contributed by atoms with van der Waals surface area (Å²) in [5.41, 5.74) is 7.60. The van der Waals surface area contributed by atoms with Crippen molar-refractivity contribution >= 4 is 5.97 Å². The number of hydrogen-bond donors (Lipinski definition) is 2. The Labute approximate surface area is 160 Å². The first-order chi connectivity index (χ1) is 13.0. The van der Waals surface area contributed by atoms with Gasteiger partial charge in [-0.3, -0.25) is 4.89 Å². The summed E-state index contributed by atoms with van der Waals surface area (Å²) in [7, 11) is 1.54. The molecule has 0 atom stereocenters. The molecule has 1 aromatic rings. The second-order valence-electron chi connectivity index (χ2n) is 6.04. The first-order valence-electron chi connectivity index (χ1n) is 8.96. The average molecular weight is 375 g/mol. The lowest BCUT2D eigenvalue weighted by Gasteiger charge is -2.09. The van der Waals surface area contributed by atoms with E-state index in [4.69, 9.17) is 20.5 Å². The second kappa shape index (κ2) is 12.6. The lowest BCUT2D eigenvalue weighted by Crippen LogP contribution is -2.12. The van der Waals surface area contributed by atoms with Crippen LogP contribution in [-0.2, 0) is 16.1 Å². The Morgan fingerprint density at radius 2 is 2.00 bits per heavy atom. The van der Waals surface area contributed by atoms with Gasteiger partial charge in [0.15, 0.2) is 5.75 Å². The van der Waals surface area contributed by atoms with Crippen molar-refractivity contribution in [2.24, 2.45) is 5.73 Å². The summed E-state index contributed by atoms with van der Waals surface area (Å²) in [4.78, 5) is 21.2. The summed E-state index contributed by atoms with van der Waals surface area (Å²) in [5, 5.41) is 8.86. The molecule has 3 N–H and O–H groups in total. The Bertz CT molecular complexity index is 679. The van der Waals surface area contributed by atoms with Crippen molar-refractivity contribution in [1.82, 2.24) is 0 Å². The van der Waals surface area contributed by atoms with Gasteiger partial charge in [-0.1, -0.05) is 38.5 Å². The number of unbranched alkanes of at least 4 members (excludes halogenated alkanes) is 2. The fourth-order valence-corrected chi connectivity index (χ4v) is 2.27. The molecule has 148 valence electrons. The molecule has 0 fully saturated rings. The zero-order valence-corrected chi connectivity index (χ0v) is 16.1. The summed E-state index contributed by atoms with van der Waals surface area (Å²) < 4.78 is 5.25. The first kappa shape index (κ1) is 22.3. The van der Waals surface area contributed by atoms with Crippen molar-refractivity contribution < 1.29 is 24.4 Å². The molecule has 0 bridgehead atoms. The molecule has 6 heteroatoms. The molecular weight excluding hydrogens is 346 g/mol. The molecule has 0 radical (unpaired) electrons. The quantitative estimate of drug-likeness (QED) is 0.191. The fraction of sp³-hybridized carbons (Fsp3) is 0.381. The SMILES string of the molecule is C=C(CO)C(=O)OOc1cc(C/C=C\C(=C/N)CCCCC)cc(OC)c1. The molecule has 0 aromatic heterocycles. The number of ether oxygens (including phenoxy) is 1. The van der Waals surface area contributed by atoms with Gasteiger partial charge in [0.2, 0.25) is 0 Å². The van der Waals surface area contributed by atoms with E-state index in [0.29, 0.717) is 17.9 Å². The van der Waals surface area contributed by atoms with Crippen molar-refractivity contribution in [2.45, 2.75) is 39.0 Å². The van der Waals surface area contributed by atoms with E-state index in [9.17, 15) is 4.79 Å². The van der Waals surface area contributed by atoms with Crippen LogP contribution < -0.4 is 15.4 Å². The number of hydrogen-bond acceptors (Lipinski definition) is 6. The van der Waals surface area contributed by atoms with E-state index in [-0.39, 0.29) is 5.57 Å². The van der Waals surface area contributed by atoms with Crippen LogP contribution in [0.4, 0.5) is 0 Å². The van der Waals surface area contributed by atoms with Crippen LogP contribution in [0.25, 0.3) is 0 Å². The van der Waals surface area contributed by atoms with Gasteiger partial charge in [0.05, 0.1) is 19.3 Å². The monoisotopic (exact) mass is 375 g/mol. The van der Waals surface area contributed by atoms with Crippen LogP contribution in [0, 0.1) is 0 Å². The van der Waals surface area contributed by atoms with E-state index >= 15 is 0 Å². The molecule has 0 spiro atoms. The van der Waals surface area contributed by atoms with Crippen LogP contribution in [0.1, 0.15) is 38.2 Å². The number of rotatable bonds is 12. The van der Waals surface area contributed by atoms with Gasteiger partial charge in [0.1, 0.15) is 5.75 Å². The third kappa shape index (κ3) is 8.46. The summed E-state index contributed by atoms with van der Waals surface area (Å²) >= 11 is 0. The normalized spacial score (nSPS) is 11.4. The Hall–Kier alpha value is -2.73. The smallest absolute Gasteiger partial charge is 0.383 e.